The Hall–Kier alpha value is -1.05. The highest BCUT2D eigenvalue weighted by molar-refractivity contribution is 14.0. The van der Waals surface area contributed by atoms with Crippen LogP contribution in [-0.4, -0.2) is 35.0 Å². The van der Waals surface area contributed by atoms with E-state index >= 15 is 0 Å². The highest BCUT2D eigenvalue weighted by Gasteiger charge is 2.16. The molecule has 0 radical (unpaired) electrons. The minimum atomic E-state index is 0. The number of aliphatic imine (C=N–C) groups is 1. The summed E-state index contributed by atoms with van der Waals surface area (Å²) in [4.78, 5) is 10.8. The van der Waals surface area contributed by atoms with E-state index in [1.807, 2.05) is 17.0 Å². The number of ether oxygens (including phenoxy) is 1. The van der Waals surface area contributed by atoms with Crippen LogP contribution in [0.1, 0.15) is 45.1 Å². The molecule has 5 nitrogen and oxygen atoms in total. The summed E-state index contributed by atoms with van der Waals surface area (Å²) in [6.45, 7) is 6.46. The highest BCUT2D eigenvalue weighted by atomic mass is 127. The molecule has 0 aromatic carbocycles. The summed E-state index contributed by atoms with van der Waals surface area (Å²) in [6, 6.07) is 3.93. The Morgan fingerprint density at radius 3 is 2.68 bits per heavy atom. The maximum atomic E-state index is 5.99. The summed E-state index contributed by atoms with van der Waals surface area (Å²) in [6.07, 6.45) is 6.90. The van der Waals surface area contributed by atoms with E-state index in [4.69, 9.17) is 10.5 Å². The van der Waals surface area contributed by atoms with Gasteiger partial charge in [0, 0.05) is 25.4 Å². The molecule has 0 aliphatic heterocycles. The predicted molar refractivity (Wildman–Crippen MR) is 101 cm³/mol. The van der Waals surface area contributed by atoms with Gasteiger partial charge in [0.1, 0.15) is 6.10 Å². The summed E-state index contributed by atoms with van der Waals surface area (Å²) in [7, 11) is 0. The maximum absolute atomic E-state index is 5.99. The molecule has 0 amide bonds. The third-order valence-electron chi connectivity index (χ3n) is 3.90. The lowest BCUT2D eigenvalue weighted by Gasteiger charge is -2.19. The Morgan fingerprint density at radius 2 is 2.05 bits per heavy atom. The van der Waals surface area contributed by atoms with E-state index in [1.165, 1.54) is 12.8 Å². The van der Waals surface area contributed by atoms with Crippen molar-refractivity contribution in [3.8, 4) is 5.88 Å². The van der Waals surface area contributed by atoms with Crippen molar-refractivity contribution in [3.05, 3.63) is 23.9 Å². The van der Waals surface area contributed by atoms with Gasteiger partial charge in [-0.3, -0.25) is 0 Å². The molecule has 1 aliphatic carbocycles. The summed E-state index contributed by atoms with van der Waals surface area (Å²) in [5.74, 6) is 1.30. The smallest absolute Gasteiger partial charge is 0.213 e. The molecular formula is C16H27IN4O. The molecule has 1 aromatic heterocycles. The van der Waals surface area contributed by atoms with Crippen LogP contribution in [-0.2, 0) is 6.54 Å². The number of aromatic nitrogens is 1. The van der Waals surface area contributed by atoms with Crippen LogP contribution in [0.5, 0.6) is 5.88 Å². The Bertz CT molecular complexity index is 471. The van der Waals surface area contributed by atoms with E-state index in [9.17, 15) is 0 Å². The predicted octanol–water partition coefficient (Wildman–Crippen LogP) is 3.18. The molecule has 1 aliphatic rings. The van der Waals surface area contributed by atoms with Gasteiger partial charge < -0.3 is 15.4 Å². The van der Waals surface area contributed by atoms with E-state index in [0.717, 1.165) is 31.5 Å². The van der Waals surface area contributed by atoms with Crippen molar-refractivity contribution in [3.63, 3.8) is 0 Å². The van der Waals surface area contributed by atoms with Crippen molar-refractivity contribution in [1.82, 2.24) is 9.88 Å². The van der Waals surface area contributed by atoms with Crippen molar-refractivity contribution in [1.29, 1.82) is 0 Å². The van der Waals surface area contributed by atoms with Gasteiger partial charge in [0.15, 0.2) is 5.96 Å². The molecule has 22 heavy (non-hydrogen) atoms. The fraction of sp³-hybridized carbons (Fsp3) is 0.625. The van der Waals surface area contributed by atoms with Gasteiger partial charge in [0.2, 0.25) is 5.88 Å². The second-order valence-electron chi connectivity index (χ2n) is 5.37. The summed E-state index contributed by atoms with van der Waals surface area (Å²) < 4.78 is 5.91. The lowest BCUT2D eigenvalue weighted by atomic mass is 10.2. The number of halogens is 1. The molecule has 6 heteroatoms. The van der Waals surface area contributed by atoms with E-state index < -0.39 is 0 Å². The summed E-state index contributed by atoms with van der Waals surface area (Å²) in [5, 5.41) is 0. The van der Waals surface area contributed by atoms with Gasteiger partial charge in [-0.1, -0.05) is 0 Å². The molecule has 1 fully saturated rings. The number of pyridine rings is 1. The molecule has 0 saturated heterocycles. The Labute approximate surface area is 150 Å². The van der Waals surface area contributed by atoms with Crippen molar-refractivity contribution in [2.24, 2.45) is 10.7 Å². The number of nitrogens with two attached hydrogens (primary N) is 1. The monoisotopic (exact) mass is 418 g/mol. The average Bonchev–Trinajstić information content (AvgIpc) is 3.00. The Morgan fingerprint density at radius 1 is 1.36 bits per heavy atom. The van der Waals surface area contributed by atoms with E-state index in [1.54, 1.807) is 6.20 Å². The van der Waals surface area contributed by atoms with Crippen molar-refractivity contribution < 1.29 is 4.74 Å². The van der Waals surface area contributed by atoms with E-state index in [-0.39, 0.29) is 24.0 Å². The van der Waals surface area contributed by atoms with Crippen molar-refractivity contribution in [2.75, 3.05) is 13.1 Å². The molecule has 2 N–H and O–H groups in total. The molecule has 0 unspecified atom stereocenters. The summed E-state index contributed by atoms with van der Waals surface area (Å²) >= 11 is 0. The zero-order valence-corrected chi connectivity index (χ0v) is 15.8. The fourth-order valence-corrected chi connectivity index (χ4v) is 2.61. The van der Waals surface area contributed by atoms with Crippen LogP contribution in [0.3, 0.4) is 0 Å². The van der Waals surface area contributed by atoms with Gasteiger partial charge >= 0.3 is 0 Å². The van der Waals surface area contributed by atoms with E-state index in [2.05, 4.69) is 23.8 Å². The second kappa shape index (κ2) is 9.86. The average molecular weight is 418 g/mol. The minimum absolute atomic E-state index is 0. The van der Waals surface area contributed by atoms with Crippen LogP contribution in [0.4, 0.5) is 0 Å². The number of nitrogens with zero attached hydrogens (tertiary/aromatic N) is 3. The van der Waals surface area contributed by atoms with Gasteiger partial charge in [0.05, 0.1) is 6.54 Å². The van der Waals surface area contributed by atoms with Gasteiger partial charge in [-0.25, -0.2) is 9.98 Å². The lowest BCUT2D eigenvalue weighted by molar-refractivity contribution is 0.201. The number of rotatable bonds is 6. The van der Waals surface area contributed by atoms with Gasteiger partial charge in [-0.05, 0) is 51.2 Å². The Balaban J connectivity index is 0.00000242. The van der Waals surface area contributed by atoms with E-state index in [0.29, 0.717) is 24.5 Å². The zero-order chi connectivity index (χ0) is 15.1. The van der Waals surface area contributed by atoms with Crippen LogP contribution < -0.4 is 10.5 Å². The van der Waals surface area contributed by atoms with Crippen molar-refractivity contribution in [2.45, 2.75) is 52.2 Å². The van der Waals surface area contributed by atoms with Gasteiger partial charge in [-0.2, -0.15) is 0 Å². The SMILES string of the molecule is CCN(CC)C(N)=NCc1ccnc(OC2CCCC2)c1.I. The maximum Gasteiger partial charge on any atom is 0.213 e. The molecule has 1 heterocycles. The highest BCUT2D eigenvalue weighted by Crippen LogP contribution is 2.23. The molecule has 1 saturated carbocycles. The van der Waals surface area contributed by atoms with Gasteiger partial charge in [-0.15, -0.1) is 24.0 Å². The van der Waals surface area contributed by atoms with Crippen LogP contribution in [0.25, 0.3) is 0 Å². The molecular weight excluding hydrogens is 391 g/mol. The first-order valence-electron chi connectivity index (χ1n) is 7.89. The van der Waals surface area contributed by atoms with Crippen LogP contribution in [0.2, 0.25) is 0 Å². The first-order valence-corrected chi connectivity index (χ1v) is 7.89. The first kappa shape index (κ1) is 19.0. The van der Waals surface area contributed by atoms with Crippen LogP contribution in [0, 0.1) is 0 Å². The first-order chi connectivity index (χ1) is 10.2. The quantitative estimate of drug-likeness (QED) is 0.438. The van der Waals surface area contributed by atoms with Gasteiger partial charge in [0.25, 0.3) is 0 Å². The molecule has 124 valence electrons. The molecule has 0 bridgehead atoms. The van der Waals surface area contributed by atoms with Crippen molar-refractivity contribution >= 4 is 29.9 Å². The van der Waals surface area contributed by atoms with Crippen LogP contribution >= 0.6 is 24.0 Å². The largest absolute Gasteiger partial charge is 0.474 e. The number of hydrogen-bond acceptors (Lipinski definition) is 3. The Kier molecular flexibility index (Phi) is 8.52. The normalized spacial score (nSPS) is 15.5. The third kappa shape index (κ3) is 5.62. The topological polar surface area (TPSA) is 63.7 Å². The molecule has 2 rings (SSSR count). The van der Waals surface area contributed by atoms with Crippen LogP contribution in [0.15, 0.2) is 23.3 Å². The minimum Gasteiger partial charge on any atom is -0.474 e. The zero-order valence-electron chi connectivity index (χ0n) is 13.5. The molecule has 1 aromatic rings. The standard InChI is InChI=1S/C16H26N4O.HI/c1-3-20(4-2)16(17)19-12-13-9-10-18-15(11-13)21-14-7-5-6-8-14;/h9-11,14H,3-8,12H2,1-2H3,(H2,17,19);1H. The second-order valence-corrected chi connectivity index (χ2v) is 5.37. The number of guanidine groups is 1. The molecule has 0 spiro atoms. The number of hydrogen-bond donors (Lipinski definition) is 1. The fourth-order valence-electron chi connectivity index (χ4n) is 2.61. The summed E-state index contributed by atoms with van der Waals surface area (Å²) in [5.41, 5.74) is 7.06. The third-order valence-corrected chi connectivity index (χ3v) is 3.90. The molecule has 0 atom stereocenters. The lowest BCUT2D eigenvalue weighted by Crippen LogP contribution is -2.37.